The summed E-state index contributed by atoms with van der Waals surface area (Å²) in [4.78, 5) is 40.1. The fourth-order valence-electron chi connectivity index (χ4n) is 3.96. The summed E-state index contributed by atoms with van der Waals surface area (Å²) in [5, 5.41) is 8.94. The van der Waals surface area contributed by atoms with Crippen LogP contribution in [0.25, 0.3) is 6.08 Å². The van der Waals surface area contributed by atoms with Gasteiger partial charge in [0, 0.05) is 32.3 Å². The highest BCUT2D eigenvalue weighted by Gasteiger charge is 2.19. The number of rotatable bonds is 10. The summed E-state index contributed by atoms with van der Waals surface area (Å²) in [6.07, 6.45) is 1.52. The molecule has 4 aromatic rings. The summed E-state index contributed by atoms with van der Waals surface area (Å²) in [6, 6.07) is 26.1. The van der Waals surface area contributed by atoms with Crippen LogP contribution < -0.4 is 20.7 Å². The molecule has 4 rings (SSSR count). The van der Waals surface area contributed by atoms with Crippen LogP contribution in [0.5, 0.6) is 5.75 Å². The maximum absolute atomic E-state index is 13.4. The molecule has 3 N–H and O–H groups in total. The first kappa shape index (κ1) is 31.7. The van der Waals surface area contributed by atoms with Gasteiger partial charge in [-0.2, -0.15) is 0 Å². The van der Waals surface area contributed by atoms with Crippen molar-refractivity contribution in [2.75, 3.05) is 17.7 Å². The smallest absolute Gasteiger partial charge is 0.272 e. The van der Waals surface area contributed by atoms with Crippen molar-refractivity contribution in [2.24, 2.45) is 0 Å². The predicted molar refractivity (Wildman–Crippen MR) is 175 cm³/mol. The van der Waals surface area contributed by atoms with Crippen molar-refractivity contribution < 1.29 is 19.1 Å². The largest absolute Gasteiger partial charge is 0.495 e. The number of nitrogens with one attached hydrogen (secondary N) is 3. The lowest BCUT2D eigenvalue weighted by atomic mass is 10.1. The number of benzene rings is 4. The average molecular weight is 635 g/mol. The topological polar surface area (TPSA) is 96.5 Å². The number of halogens is 2. The van der Waals surface area contributed by atoms with Crippen LogP contribution in [0.1, 0.15) is 28.4 Å². The molecule has 3 amide bonds. The van der Waals surface area contributed by atoms with E-state index in [-0.39, 0.29) is 11.6 Å². The zero-order chi connectivity index (χ0) is 30.9. The van der Waals surface area contributed by atoms with E-state index in [2.05, 4.69) is 16.0 Å². The van der Waals surface area contributed by atoms with Gasteiger partial charge in [-0.3, -0.25) is 14.4 Å². The number of aryl methyl sites for hydroxylation is 1. The van der Waals surface area contributed by atoms with Crippen molar-refractivity contribution in [3.63, 3.8) is 0 Å². The van der Waals surface area contributed by atoms with E-state index < -0.39 is 17.1 Å². The molecule has 0 heterocycles. The van der Waals surface area contributed by atoms with Crippen LogP contribution in [0.15, 0.2) is 102 Å². The molecule has 0 spiro atoms. The Balaban J connectivity index is 1.49. The average Bonchev–Trinajstić information content (AvgIpc) is 3.00. The van der Waals surface area contributed by atoms with Crippen molar-refractivity contribution in [3.8, 4) is 5.75 Å². The molecule has 7 nitrogen and oxygen atoms in total. The number of ether oxygens (including phenoxy) is 1. The van der Waals surface area contributed by atoms with Crippen LogP contribution in [-0.4, -0.2) is 30.1 Å². The molecule has 0 aliphatic carbocycles. The van der Waals surface area contributed by atoms with Crippen LogP contribution >= 0.6 is 35.0 Å². The first-order valence-electron chi connectivity index (χ1n) is 13.2. The van der Waals surface area contributed by atoms with Gasteiger partial charge in [0.15, 0.2) is 0 Å². The van der Waals surface area contributed by atoms with Crippen molar-refractivity contribution in [2.45, 2.75) is 24.0 Å². The first-order valence-corrected chi connectivity index (χ1v) is 14.8. The summed E-state index contributed by atoms with van der Waals surface area (Å²) < 4.78 is 5.36. The summed E-state index contributed by atoms with van der Waals surface area (Å²) in [5.41, 5.74) is 2.80. The minimum absolute atomic E-state index is 0.0139. The SMILES string of the molecule is COc1cc(Cl)c(C)cc1NC(=O)C(C)Sc1cccc(NC(=O)/C(=C\c2ccccc2Cl)NC(=O)c2ccccc2)c1. The summed E-state index contributed by atoms with van der Waals surface area (Å²) in [5.74, 6) is -0.744. The standard InChI is InChI=1S/C33H29Cl2N3O4S/c1-20-16-28(30(42-3)19-27(20)35)37-31(39)21(2)43-25-14-9-13-24(18-25)36-33(41)29(17-23-12-7-8-15-26(23)34)38-32(40)22-10-5-4-6-11-22/h4-19,21H,1-3H3,(H,36,41)(H,37,39)(H,38,40)/b29-17+. The fourth-order valence-corrected chi connectivity index (χ4v) is 5.23. The monoisotopic (exact) mass is 633 g/mol. The second-order valence-corrected chi connectivity index (χ2v) is 11.7. The molecule has 1 unspecified atom stereocenters. The van der Waals surface area contributed by atoms with E-state index in [0.29, 0.717) is 38.3 Å². The number of hydrogen-bond donors (Lipinski definition) is 3. The highest BCUT2D eigenvalue weighted by Crippen LogP contribution is 2.32. The van der Waals surface area contributed by atoms with Crippen LogP contribution in [-0.2, 0) is 9.59 Å². The molecule has 0 saturated carbocycles. The minimum atomic E-state index is -0.539. The van der Waals surface area contributed by atoms with Crippen LogP contribution in [0.2, 0.25) is 10.0 Å². The predicted octanol–water partition coefficient (Wildman–Crippen LogP) is 7.84. The molecule has 1 atom stereocenters. The molecule has 0 saturated heterocycles. The Morgan fingerprint density at radius 2 is 1.58 bits per heavy atom. The third-order valence-corrected chi connectivity index (χ3v) is 8.09. The number of carbonyl (C=O) groups excluding carboxylic acids is 3. The van der Waals surface area contributed by atoms with E-state index in [1.165, 1.54) is 24.9 Å². The molecule has 10 heteroatoms. The van der Waals surface area contributed by atoms with Gasteiger partial charge >= 0.3 is 0 Å². The highest BCUT2D eigenvalue weighted by molar-refractivity contribution is 8.00. The number of methoxy groups -OCH3 is 1. The number of carbonyl (C=O) groups is 3. The van der Waals surface area contributed by atoms with Crippen molar-refractivity contribution >= 4 is 70.1 Å². The number of thioether (sulfide) groups is 1. The first-order chi connectivity index (χ1) is 20.6. The van der Waals surface area contributed by atoms with Gasteiger partial charge in [-0.05, 0) is 73.5 Å². The lowest BCUT2D eigenvalue weighted by Gasteiger charge is -2.16. The third-order valence-electron chi connectivity index (χ3n) is 6.25. The Hall–Kier alpha value is -4.24. The van der Waals surface area contributed by atoms with Gasteiger partial charge in [0.25, 0.3) is 11.8 Å². The number of anilines is 2. The quantitative estimate of drug-likeness (QED) is 0.122. The van der Waals surface area contributed by atoms with Crippen molar-refractivity contribution in [1.29, 1.82) is 0 Å². The molecule has 0 radical (unpaired) electrons. The van der Waals surface area contributed by atoms with Gasteiger partial charge in [0.1, 0.15) is 11.4 Å². The van der Waals surface area contributed by atoms with E-state index >= 15 is 0 Å². The van der Waals surface area contributed by atoms with Gasteiger partial charge in [0.05, 0.1) is 18.0 Å². The van der Waals surface area contributed by atoms with Gasteiger partial charge in [-0.15, -0.1) is 11.8 Å². The zero-order valence-corrected chi connectivity index (χ0v) is 25.9. The molecule has 0 bridgehead atoms. The molecular formula is C33H29Cl2N3O4S. The Morgan fingerprint density at radius 1 is 0.860 bits per heavy atom. The van der Waals surface area contributed by atoms with Gasteiger partial charge in [-0.25, -0.2) is 0 Å². The number of hydrogen-bond acceptors (Lipinski definition) is 5. The summed E-state index contributed by atoms with van der Waals surface area (Å²) in [7, 11) is 1.51. The Kier molecular flexibility index (Phi) is 10.9. The van der Waals surface area contributed by atoms with Crippen molar-refractivity contribution in [1.82, 2.24) is 5.32 Å². The molecular weight excluding hydrogens is 605 g/mol. The second kappa shape index (κ2) is 14.8. The third kappa shape index (κ3) is 8.64. The normalized spacial score (nSPS) is 11.8. The summed E-state index contributed by atoms with van der Waals surface area (Å²) in [6.45, 7) is 3.63. The highest BCUT2D eigenvalue weighted by atomic mass is 35.5. The van der Waals surface area contributed by atoms with E-state index in [0.717, 1.165) is 10.5 Å². The lowest BCUT2D eigenvalue weighted by Crippen LogP contribution is -2.30. The minimum Gasteiger partial charge on any atom is -0.495 e. The number of amides is 3. The Labute approximate surface area is 264 Å². The lowest BCUT2D eigenvalue weighted by molar-refractivity contribution is -0.115. The Morgan fingerprint density at radius 3 is 2.30 bits per heavy atom. The van der Waals surface area contributed by atoms with Gasteiger partial charge in [0.2, 0.25) is 5.91 Å². The van der Waals surface area contributed by atoms with Gasteiger partial charge in [-0.1, -0.05) is 65.7 Å². The van der Waals surface area contributed by atoms with Crippen LogP contribution in [0.3, 0.4) is 0 Å². The van der Waals surface area contributed by atoms with Gasteiger partial charge < -0.3 is 20.7 Å². The molecule has 4 aromatic carbocycles. The molecule has 0 aromatic heterocycles. The van der Waals surface area contributed by atoms with Crippen molar-refractivity contribution in [3.05, 3.63) is 123 Å². The molecule has 0 fully saturated rings. The molecule has 0 aliphatic heterocycles. The van der Waals surface area contributed by atoms with Crippen LogP contribution in [0, 0.1) is 6.92 Å². The second-order valence-electron chi connectivity index (χ2n) is 9.43. The van der Waals surface area contributed by atoms with E-state index in [9.17, 15) is 14.4 Å². The zero-order valence-electron chi connectivity index (χ0n) is 23.6. The summed E-state index contributed by atoms with van der Waals surface area (Å²) >= 11 is 13.8. The molecule has 0 aliphatic rings. The Bertz CT molecular complexity index is 1680. The van der Waals surface area contributed by atoms with E-state index in [1.807, 2.05) is 13.0 Å². The van der Waals surface area contributed by atoms with E-state index in [1.54, 1.807) is 91.9 Å². The van der Waals surface area contributed by atoms with Crippen LogP contribution in [0.4, 0.5) is 11.4 Å². The molecule has 220 valence electrons. The fraction of sp³-hybridized carbons (Fsp3) is 0.121. The molecule has 43 heavy (non-hydrogen) atoms. The van der Waals surface area contributed by atoms with E-state index in [4.69, 9.17) is 27.9 Å². The maximum Gasteiger partial charge on any atom is 0.272 e. The maximum atomic E-state index is 13.4.